The van der Waals surface area contributed by atoms with Gasteiger partial charge in [0.2, 0.25) is 5.13 Å². The van der Waals surface area contributed by atoms with E-state index in [1.165, 1.54) is 35.6 Å². The summed E-state index contributed by atoms with van der Waals surface area (Å²) in [6, 6.07) is 22.9. The van der Waals surface area contributed by atoms with E-state index in [2.05, 4.69) is 22.4 Å². The molecule has 4 aromatic rings. The van der Waals surface area contributed by atoms with Crippen LogP contribution in [0.5, 0.6) is 17.2 Å². The van der Waals surface area contributed by atoms with Gasteiger partial charge in [-0.3, -0.25) is 10.1 Å². The van der Waals surface area contributed by atoms with Crippen molar-refractivity contribution in [3.8, 4) is 23.3 Å². The Balaban J connectivity index is 1.35. The first-order chi connectivity index (χ1) is 18.9. The smallest absolute Gasteiger partial charge is 0.268 e. The Bertz CT molecular complexity index is 1510. The molecular weight excluding hydrogens is 512 g/mol. The molecule has 9 heteroatoms. The van der Waals surface area contributed by atoms with Gasteiger partial charge in [0.25, 0.3) is 5.91 Å². The molecule has 4 rings (SSSR count). The van der Waals surface area contributed by atoms with Crippen molar-refractivity contribution in [2.45, 2.75) is 20.3 Å². The molecule has 1 N–H and O–H groups in total. The Hall–Kier alpha value is -4.68. The summed E-state index contributed by atoms with van der Waals surface area (Å²) in [6.07, 6.45) is 2.09. The molecule has 0 bridgehead atoms. The molecule has 1 aromatic heterocycles. The summed E-state index contributed by atoms with van der Waals surface area (Å²) >= 11 is 1.27. The van der Waals surface area contributed by atoms with Crippen LogP contribution < -0.4 is 19.5 Å². The highest BCUT2D eigenvalue weighted by atomic mass is 32.1. The van der Waals surface area contributed by atoms with Crippen LogP contribution >= 0.6 is 11.3 Å². The molecule has 0 aliphatic heterocycles. The number of hydrogen-bond donors (Lipinski definition) is 1. The fourth-order valence-corrected chi connectivity index (χ4v) is 4.40. The van der Waals surface area contributed by atoms with Gasteiger partial charge in [0, 0.05) is 6.42 Å². The Morgan fingerprint density at radius 1 is 0.974 bits per heavy atom. The molecule has 0 saturated heterocycles. The summed E-state index contributed by atoms with van der Waals surface area (Å²) in [4.78, 5) is 12.7. The minimum absolute atomic E-state index is 0.0766. The second-order valence-electron chi connectivity index (χ2n) is 8.64. The first-order valence-electron chi connectivity index (χ1n) is 12.3. The zero-order valence-corrected chi connectivity index (χ0v) is 22.7. The molecule has 8 nitrogen and oxygen atoms in total. The van der Waals surface area contributed by atoms with Crippen LogP contribution in [-0.4, -0.2) is 36.4 Å². The fraction of sp³-hybridized carbons (Fsp3) is 0.200. The highest BCUT2D eigenvalue weighted by Gasteiger charge is 2.14. The number of hydrogen-bond acceptors (Lipinski definition) is 8. The summed E-state index contributed by atoms with van der Waals surface area (Å²) < 4.78 is 17.1. The minimum Gasteiger partial charge on any atom is -0.493 e. The highest BCUT2D eigenvalue weighted by Crippen LogP contribution is 2.29. The molecule has 198 valence electrons. The summed E-state index contributed by atoms with van der Waals surface area (Å²) in [5.41, 5.74) is 4.01. The Kier molecular flexibility index (Phi) is 9.27. The van der Waals surface area contributed by atoms with Crippen molar-refractivity contribution in [3.63, 3.8) is 0 Å². The maximum atomic E-state index is 12.7. The third-order valence-corrected chi connectivity index (χ3v) is 6.68. The number of carbonyl (C=O) groups is 1. The van der Waals surface area contributed by atoms with E-state index >= 15 is 0 Å². The van der Waals surface area contributed by atoms with Crippen LogP contribution in [0.1, 0.15) is 27.3 Å². The van der Waals surface area contributed by atoms with Crippen molar-refractivity contribution in [2.24, 2.45) is 0 Å². The lowest BCUT2D eigenvalue weighted by Crippen LogP contribution is -2.13. The molecule has 0 spiro atoms. The van der Waals surface area contributed by atoms with E-state index in [1.54, 1.807) is 18.2 Å². The van der Waals surface area contributed by atoms with Gasteiger partial charge in [0.05, 0.1) is 7.11 Å². The molecule has 0 atom stereocenters. The molecule has 0 aliphatic rings. The summed E-state index contributed by atoms with van der Waals surface area (Å²) in [5, 5.41) is 21.5. The zero-order valence-electron chi connectivity index (χ0n) is 21.9. The standard InChI is InChI=1S/C30H28N4O4S/c1-20-9-11-25(15-21(20)2)37-13-14-38-26-12-10-23(17-27(26)36-3)16-24(19-31)29(35)32-30-34-33-28(39-30)18-22-7-5-4-6-8-22/h4-12,15-17H,13-14,18H2,1-3H3,(H,32,34,35). The van der Waals surface area contributed by atoms with E-state index in [1.807, 2.05) is 61.5 Å². The number of rotatable bonds is 11. The zero-order chi connectivity index (χ0) is 27.6. The first kappa shape index (κ1) is 27.4. The molecule has 1 amide bonds. The van der Waals surface area contributed by atoms with Crippen molar-refractivity contribution in [1.82, 2.24) is 10.2 Å². The number of amides is 1. The molecule has 0 saturated carbocycles. The fourth-order valence-electron chi connectivity index (χ4n) is 3.63. The Morgan fingerprint density at radius 3 is 2.51 bits per heavy atom. The predicted molar refractivity (Wildman–Crippen MR) is 151 cm³/mol. The molecule has 1 heterocycles. The van der Waals surface area contributed by atoms with Crippen LogP contribution in [0.15, 0.2) is 72.3 Å². The van der Waals surface area contributed by atoms with Gasteiger partial charge in [0.15, 0.2) is 11.5 Å². The van der Waals surface area contributed by atoms with Crippen molar-refractivity contribution < 1.29 is 19.0 Å². The number of carbonyl (C=O) groups excluding carboxylic acids is 1. The van der Waals surface area contributed by atoms with E-state index in [-0.39, 0.29) is 5.57 Å². The maximum Gasteiger partial charge on any atom is 0.268 e. The largest absolute Gasteiger partial charge is 0.493 e. The predicted octanol–water partition coefficient (Wildman–Crippen LogP) is 5.76. The first-order valence-corrected chi connectivity index (χ1v) is 13.1. The Labute approximate surface area is 231 Å². The van der Waals surface area contributed by atoms with E-state index < -0.39 is 5.91 Å². The van der Waals surface area contributed by atoms with Crippen LogP contribution in [0.25, 0.3) is 6.08 Å². The third-order valence-electron chi connectivity index (χ3n) is 5.84. The summed E-state index contributed by atoms with van der Waals surface area (Å²) in [6.45, 7) is 4.78. The Morgan fingerprint density at radius 2 is 1.77 bits per heavy atom. The molecule has 39 heavy (non-hydrogen) atoms. The van der Waals surface area contributed by atoms with Gasteiger partial charge >= 0.3 is 0 Å². The van der Waals surface area contributed by atoms with E-state index in [0.717, 1.165) is 16.3 Å². The van der Waals surface area contributed by atoms with Crippen molar-refractivity contribution in [2.75, 3.05) is 25.6 Å². The van der Waals surface area contributed by atoms with Gasteiger partial charge in [-0.1, -0.05) is 53.8 Å². The van der Waals surface area contributed by atoms with Gasteiger partial charge in [-0.2, -0.15) is 5.26 Å². The van der Waals surface area contributed by atoms with Gasteiger partial charge in [0.1, 0.15) is 35.6 Å². The number of nitrogens with one attached hydrogen (secondary N) is 1. The number of anilines is 1. The number of aromatic nitrogens is 2. The van der Waals surface area contributed by atoms with Crippen LogP contribution in [0.2, 0.25) is 0 Å². The number of aryl methyl sites for hydroxylation is 2. The number of methoxy groups -OCH3 is 1. The molecule has 3 aromatic carbocycles. The van der Waals surface area contributed by atoms with E-state index in [9.17, 15) is 10.1 Å². The maximum absolute atomic E-state index is 12.7. The highest BCUT2D eigenvalue weighted by molar-refractivity contribution is 7.15. The number of ether oxygens (including phenoxy) is 3. The average Bonchev–Trinajstić information content (AvgIpc) is 3.38. The quantitative estimate of drug-likeness (QED) is 0.146. The monoisotopic (exact) mass is 540 g/mol. The van der Waals surface area contributed by atoms with Crippen LogP contribution in [0.4, 0.5) is 5.13 Å². The lowest BCUT2D eigenvalue weighted by Gasteiger charge is -2.13. The lowest BCUT2D eigenvalue weighted by atomic mass is 10.1. The normalized spacial score (nSPS) is 11.0. The van der Waals surface area contributed by atoms with Crippen molar-refractivity contribution in [1.29, 1.82) is 5.26 Å². The molecule has 0 unspecified atom stereocenters. The van der Waals surface area contributed by atoms with Gasteiger partial charge in [-0.15, -0.1) is 10.2 Å². The second kappa shape index (κ2) is 13.2. The summed E-state index contributed by atoms with van der Waals surface area (Å²) in [7, 11) is 1.53. The average molecular weight is 541 g/mol. The van der Waals surface area contributed by atoms with Crippen LogP contribution in [0, 0.1) is 25.2 Å². The van der Waals surface area contributed by atoms with E-state index in [4.69, 9.17) is 14.2 Å². The lowest BCUT2D eigenvalue weighted by molar-refractivity contribution is -0.112. The van der Waals surface area contributed by atoms with Gasteiger partial charge in [-0.25, -0.2) is 0 Å². The number of nitrogens with zero attached hydrogens (tertiary/aromatic N) is 3. The molecule has 0 aliphatic carbocycles. The molecule has 0 radical (unpaired) electrons. The topological polar surface area (TPSA) is 106 Å². The van der Waals surface area contributed by atoms with Crippen molar-refractivity contribution >= 4 is 28.5 Å². The van der Waals surface area contributed by atoms with Crippen LogP contribution in [0.3, 0.4) is 0 Å². The van der Waals surface area contributed by atoms with Crippen molar-refractivity contribution in [3.05, 3.63) is 99.6 Å². The SMILES string of the molecule is COc1cc(C=C(C#N)C(=O)Nc2nnc(Cc3ccccc3)s2)ccc1OCCOc1ccc(C)c(C)c1. The number of nitriles is 1. The number of benzene rings is 3. The molecular formula is C30H28N4O4S. The molecule has 0 fully saturated rings. The van der Waals surface area contributed by atoms with Crippen LogP contribution in [-0.2, 0) is 11.2 Å². The van der Waals surface area contributed by atoms with E-state index in [0.29, 0.717) is 41.8 Å². The van der Waals surface area contributed by atoms with Gasteiger partial charge < -0.3 is 14.2 Å². The second-order valence-corrected chi connectivity index (χ2v) is 9.70. The van der Waals surface area contributed by atoms with Gasteiger partial charge in [-0.05, 0) is 66.4 Å². The minimum atomic E-state index is -0.567. The summed E-state index contributed by atoms with van der Waals surface area (Å²) in [5.74, 6) is 1.23. The third kappa shape index (κ3) is 7.66.